The molecule has 174 valence electrons. The number of halogens is 2. The molecule has 3 unspecified atom stereocenters. The number of nitrogens with zero attached hydrogens (tertiary/aromatic N) is 3. The number of hydrogen-bond acceptors (Lipinski definition) is 5. The molecule has 2 aromatic carbocycles. The highest BCUT2D eigenvalue weighted by Gasteiger charge is 2.54. The minimum absolute atomic E-state index is 0.0598. The van der Waals surface area contributed by atoms with Gasteiger partial charge in [0.2, 0.25) is 5.91 Å². The van der Waals surface area contributed by atoms with E-state index in [2.05, 4.69) is 10.7 Å². The van der Waals surface area contributed by atoms with Crippen molar-refractivity contribution in [3.63, 3.8) is 0 Å². The van der Waals surface area contributed by atoms with Gasteiger partial charge in [-0.3, -0.25) is 14.5 Å². The maximum absolute atomic E-state index is 14.0. The van der Waals surface area contributed by atoms with Gasteiger partial charge in [0.1, 0.15) is 24.2 Å². The molecule has 2 fully saturated rings. The van der Waals surface area contributed by atoms with Gasteiger partial charge in [-0.2, -0.15) is 0 Å². The third-order valence-electron chi connectivity index (χ3n) is 5.94. The van der Waals surface area contributed by atoms with Crippen molar-refractivity contribution in [1.82, 2.24) is 20.2 Å². The van der Waals surface area contributed by atoms with Crippen molar-refractivity contribution in [3.05, 3.63) is 65.7 Å². The molecule has 3 atom stereocenters. The third kappa shape index (κ3) is 4.44. The van der Waals surface area contributed by atoms with E-state index in [1.807, 2.05) is 44.2 Å². The van der Waals surface area contributed by atoms with Crippen molar-refractivity contribution in [2.75, 3.05) is 18.4 Å². The number of urea groups is 1. The summed E-state index contributed by atoms with van der Waals surface area (Å²) in [5, 5.41) is 4.09. The zero-order valence-corrected chi connectivity index (χ0v) is 18.3. The number of nitrogens with one attached hydrogen (secondary N) is 2. The topological polar surface area (TPSA) is 85.0 Å². The maximum Gasteiger partial charge on any atom is 0.327 e. The molecule has 10 heteroatoms. The van der Waals surface area contributed by atoms with Gasteiger partial charge in [0.25, 0.3) is 5.91 Å². The second-order valence-electron chi connectivity index (χ2n) is 8.13. The number of fused-ring (bicyclic) bond motifs is 1. The summed E-state index contributed by atoms with van der Waals surface area (Å²) in [4.78, 5) is 42.0. The summed E-state index contributed by atoms with van der Waals surface area (Å²) in [7, 11) is 0. The molecule has 2 aromatic rings. The first-order valence-electron chi connectivity index (χ1n) is 10.7. The Bertz CT molecular complexity index is 1070. The summed E-state index contributed by atoms with van der Waals surface area (Å²) in [6.07, 6.45) is 0. The summed E-state index contributed by atoms with van der Waals surface area (Å²) in [5.41, 5.74) is 3.66. The molecule has 33 heavy (non-hydrogen) atoms. The molecule has 4 rings (SSSR count). The number of hydrazine groups is 1. The third-order valence-corrected chi connectivity index (χ3v) is 5.94. The van der Waals surface area contributed by atoms with Crippen LogP contribution >= 0.6 is 0 Å². The fourth-order valence-electron chi connectivity index (χ4n) is 4.44. The van der Waals surface area contributed by atoms with Crippen LogP contribution in [0, 0.1) is 11.6 Å². The molecule has 0 bridgehead atoms. The van der Waals surface area contributed by atoms with Gasteiger partial charge in [0, 0.05) is 18.7 Å². The van der Waals surface area contributed by atoms with Crippen molar-refractivity contribution >= 4 is 23.5 Å². The molecule has 0 aromatic heterocycles. The van der Waals surface area contributed by atoms with Gasteiger partial charge in [-0.05, 0) is 24.6 Å². The molecule has 0 radical (unpaired) electrons. The number of amides is 4. The number of hydrogen-bond donors (Lipinski definition) is 2. The molecule has 0 spiro atoms. The summed E-state index contributed by atoms with van der Waals surface area (Å²) in [6, 6.07) is 9.64. The fraction of sp³-hybridized carbons (Fsp3) is 0.348. The van der Waals surface area contributed by atoms with Gasteiger partial charge < -0.3 is 10.2 Å². The highest BCUT2D eigenvalue weighted by molar-refractivity contribution is 6.03. The Labute approximate surface area is 190 Å². The minimum Gasteiger partial charge on any atom is -0.322 e. The lowest BCUT2D eigenvalue weighted by Crippen LogP contribution is -2.67. The van der Waals surface area contributed by atoms with E-state index >= 15 is 0 Å². The Balaban J connectivity index is 1.61. The number of benzene rings is 2. The van der Waals surface area contributed by atoms with Crippen molar-refractivity contribution < 1.29 is 23.2 Å². The molecule has 0 saturated carbocycles. The lowest BCUT2D eigenvalue weighted by molar-refractivity contribution is -0.140. The fourth-order valence-corrected chi connectivity index (χ4v) is 4.44. The predicted octanol–water partition coefficient (Wildman–Crippen LogP) is 2.33. The average Bonchev–Trinajstić information content (AvgIpc) is 3.13. The van der Waals surface area contributed by atoms with Gasteiger partial charge in [-0.25, -0.2) is 24.0 Å². The van der Waals surface area contributed by atoms with Gasteiger partial charge in [0.05, 0.1) is 18.3 Å². The predicted molar refractivity (Wildman–Crippen MR) is 117 cm³/mol. The Morgan fingerprint density at radius 1 is 1.12 bits per heavy atom. The molecular weight excluding hydrogens is 432 g/mol. The molecular formula is C23H25F2N5O3. The molecule has 2 aliphatic heterocycles. The lowest BCUT2D eigenvalue weighted by Gasteiger charge is -2.43. The Morgan fingerprint density at radius 2 is 1.85 bits per heavy atom. The van der Waals surface area contributed by atoms with Crippen molar-refractivity contribution in [2.24, 2.45) is 0 Å². The van der Waals surface area contributed by atoms with E-state index in [4.69, 9.17) is 0 Å². The summed E-state index contributed by atoms with van der Waals surface area (Å²) in [6.45, 7) is 3.87. The smallest absolute Gasteiger partial charge is 0.322 e. The standard InChI is InChI=1S/C23H25F2N5O3/c1-3-30-21-20(14(2)27-30)28(13-19(31)26-18-11-16(24)9-10-17(18)25)23(33)29(22(21)32)12-15-7-5-4-6-8-15/h4-11,14,20-21,27H,3,12-13H2,1-2H3,(H,26,31). The lowest BCUT2D eigenvalue weighted by atomic mass is 9.97. The van der Waals surface area contributed by atoms with Crippen LogP contribution in [0.4, 0.5) is 19.3 Å². The number of rotatable bonds is 6. The molecule has 2 heterocycles. The van der Waals surface area contributed by atoms with E-state index in [1.54, 1.807) is 5.01 Å². The Kier molecular flexibility index (Phi) is 6.39. The molecule has 0 aliphatic carbocycles. The van der Waals surface area contributed by atoms with Crippen LogP contribution in [0.15, 0.2) is 48.5 Å². The number of likely N-dealkylation sites (N-methyl/N-ethyl adjacent to an activating group) is 1. The number of carbonyl (C=O) groups excluding carboxylic acids is 3. The summed E-state index contributed by atoms with van der Waals surface area (Å²) < 4.78 is 27.5. The van der Waals surface area contributed by atoms with Crippen LogP contribution in [0.3, 0.4) is 0 Å². The highest BCUT2D eigenvalue weighted by Crippen LogP contribution is 2.30. The number of anilines is 1. The summed E-state index contributed by atoms with van der Waals surface area (Å²) in [5.74, 6) is -2.53. The zero-order chi connectivity index (χ0) is 23.7. The van der Waals surface area contributed by atoms with Crippen molar-refractivity contribution in [3.8, 4) is 0 Å². The quantitative estimate of drug-likeness (QED) is 0.696. The second kappa shape index (κ2) is 9.24. The highest BCUT2D eigenvalue weighted by atomic mass is 19.1. The van der Waals surface area contributed by atoms with Gasteiger partial charge in [-0.15, -0.1) is 0 Å². The largest absolute Gasteiger partial charge is 0.327 e. The minimum atomic E-state index is -0.790. The second-order valence-corrected chi connectivity index (χ2v) is 8.13. The van der Waals surface area contributed by atoms with E-state index in [0.29, 0.717) is 6.54 Å². The van der Waals surface area contributed by atoms with Crippen LogP contribution in [0.5, 0.6) is 0 Å². The number of imide groups is 1. The van der Waals surface area contributed by atoms with E-state index in [9.17, 15) is 23.2 Å². The summed E-state index contributed by atoms with van der Waals surface area (Å²) >= 11 is 0. The SMILES string of the molecule is CCN1NC(C)C2C1C(=O)N(Cc1ccccc1)C(=O)N2CC(=O)Nc1cc(F)ccc1F. The molecule has 4 amide bonds. The van der Waals surface area contributed by atoms with Crippen LogP contribution in [-0.2, 0) is 16.1 Å². The van der Waals surface area contributed by atoms with E-state index in [0.717, 1.165) is 28.7 Å². The van der Waals surface area contributed by atoms with Gasteiger partial charge in [0.15, 0.2) is 0 Å². The molecule has 2 N–H and O–H groups in total. The van der Waals surface area contributed by atoms with Crippen LogP contribution in [0.25, 0.3) is 0 Å². The van der Waals surface area contributed by atoms with Crippen molar-refractivity contribution in [2.45, 2.75) is 38.5 Å². The van der Waals surface area contributed by atoms with Crippen LogP contribution in [0.1, 0.15) is 19.4 Å². The normalized spacial score (nSPS) is 23.1. The van der Waals surface area contributed by atoms with Crippen LogP contribution < -0.4 is 10.7 Å². The van der Waals surface area contributed by atoms with Crippen molar-refractivity contribution in [1.29, 1.82) is 0 Å². The molecule has 8 nitrogen and oxygen atoms in total. The van der Waals surface area contributed by atoms with Crippen LogP contribution in [-0.4, -0.2) is 63.9 Å². The average molecular weight is 457 g/mol. The van der Waals surface area contributed by atoms with E-state index in [1.165, 1.54) is 4.90 Å². The Morgan fingerprint density at radius 3 is 2.55 bits per heavy atom. The first-order chi connectivity index (χ1) is 15.8. The van der Waals surface area contributed by atoms with Gasteiger partial charge >= 0.3 is 6.03 Å². The first kappa shape index (κ1) is 22.8. The van der Waals surface area contributed by atoms with Gasteiger partial charge in [-0.1, -0.05) is 37.3 Å². The van der Waals surface area contributed by atoms with E-state index in [-0.39, 0.29) is 24.2 Å². The molecule has 2 saturated heterocycles. The number of carbonyl (C=O) groups is 3. The van der Waals surface area contributed by atoms with Crippen LogP contribution in [0.2, 0.25) is 0 Å². The van der Waals surface area contributed by atoms with E-state index < -0.39 is 42.2 Å². The Hall–Kier alpha value is -3.37. The first-order valence-corrected chi connectivity index (χ1v) is 10.7. The monoisotopic (exact) mass is 457 g/mol. The maximum atomic E-state index is 14.0. The molecule has 2 aliphatic rings. The zero-order valence-electron chi connectivity index (χ0n) is 18.3.